The second-order valence-electron chi connectivity index (χ2n) is 9.73. The van der Waals surface area contributed by atoms with Gasteiger partial charge in [0.1, 0.15) is 0 Å². The summed E-state index contributed by atoms with van der Waals surface area (Å²) < 4.78 is 13.8. The molecule has 1 saturated carbocycles. The maximum Gasteiger partial charge on any atom is 0.169 e. The number of aryl methyl sites for hydroxylation is 1. The quantitative estimate of drug-likeness (QED) is 0.693. The lowest BCUT2D eigenvalue weighted by Crippen LogP contribution is -2.22. The maximum atomic E-state index is 13.4. The van der Waals surface area contributed by atoms with Crippen LogP contribution in [0.2, 0.25) is 0 Å². The molecule has 0 amide bonds. The van der Waals surface area contributed by atoms with E-state index in [-0.39, 0.29) is 28.6 Å². The van der Waals surface area contributed by atoms with Crippen LogP contribution in [0.25, 0.3) is 10.9 Å². The summed E-state index contributed by atoms with van der Waals surface area (Å²) in [6.07, 6.45) is 3.02. The molecule has 0 spiro atoms. The van der Waals surface area contributed by atoms with Crippen molar-refractivity contribution in [3.05, 3.63) is 36.0 Å². The Hall–Kier alpha value is -1.65. The van der Waals surface area contributed by atoms with E-state index in [0.29, 0.717) is 6.61 Å². The fourth-order valence-corrected chi connectivity index (χ4v) is 4.82. The van der Waals surface area contributed by atoms with Crippen molar-refractivity contribution in [2.24, 2.45) is 16.7 Å². The molecule has 1 saturated heterocycles. The molecule has 2 aromatic rings. The van der Waals surface area contributed by atoms with Crippen molar-refractivity contribution in [2.45, 2.75) is 66.4 Å². The molecule has 1 aliphatic carbocycles. The monoisotopic (exact) mass is 369 g/mol. The number of hydrogen-bond donors (Lipinski definition) is 0. The number of aromatic nitrogens is 1. The van der Waals surface area contributed by atoms with Crippen molar-refractivity contribution >= 4 is 16.7 Å². The highest BCUT2D eigenvalue weighted by Crippen LogP contribution is 2.69. The number of carbonyl (C=O) groups is 1. The zero-order valence-electron chi connectivity index (χ0n) is 17.3. The Bertz CT molecular complexity index is 876. The molecule has 146 valence electrons. The highest BCUT2D eigenvalue weighted by Gasteiger charge is 2.68. The van der Waals surface area contributed by atoms with Gasteiger partial charge in [-0.25, -0.2) is 0 Å². The molecule has 27 heavy (non-hydrogen) atoms. The Kier molecular flexibility index (Phi) is 4.10. The summed E-state index contributed by atoms with van der Waals surface area (Å²) in [7, 11) is 0. The first-order valence-electron chi connectivity index (χ1n) is 9.98. The smallest absolute Gasteiger partial charge is 0.169 e. The Labute approximate surface area is 161 Å². The molecule has 1 unspecified atom stereocenters. The molecule has 1 atom stereocenters. The third-order valence-electron chi connectivity index (χ3n) is 7.10. The number of ketones is 1. The van der Waals surface area contributed by atoms with Gasteiger partial charge in [0.25, 0.3) is 0 Å². The van der Waals surface area contributed by atoms with E-state index in [1.807, 2.05) is 26.0 Å². The summed E-state index contributed by atoms with van der Waals surface area (Å²) in [4.78, 5) is 13.4. The van der Waals surface area contributed by atoms with Gasteiger partial charge in [-0.2, -0.15) is 0 Å². The Morgan fingerprint density at radius 2 is 1.78 bits per heavy atom. The van der Waals surface area contributed by atoms with Gasteiger partial charge in [-0.1, -0.05) is 45.9 Å². The number of nitrogens with zero attached hydrogens (tertiary/aromatic N) is 1. The average Bonchev–Trinajstić information content (AvgIpc) is 2.92. The molecule has 0 radical (unpaired) electrons. The van der Waals surface area contributed by atoms with Crippen molar-refractivity contribution in [3.63, 3.8) is 0 Å². The first-order chi connectivity index (χ1) is 12.5. The molecule has 2 heterocycles. The van der Waals surface area contributed by atoms with Gasteiger partial charge < -0.3 is 14.0 Å². The van der Waals surface area contributed by atoms with Gasteiger partial charge in [-0.3, -0.25) is 4.79 Å². The van der Waals surface area contributed by atoms with Crippen molar-refractivity contribution < 1.29 is 14.3 Å². The van der Waals surface area contributed by atoms with Gasteiger partial charge in [0.05, 0.1) is 12.7 Å². The van der Waals surface area contributed by atoms with Gasteiger partial charge in [0.2, 0.25) is 0 Å². The second-order valence-corrected chi connectivity index (χ2v) is 9.73. The molecule has 4 rings (SSSR count). The highest BCUT2D eigenvalue weighted by atomic mass is 16.7. The van der Waals surface area contributed by atoms with Crippen LogP contribution in [0.3, 0.4) is 0 Å². The zero-order valence-corrected chi connectivity index (χ0v) is 17.3. The minimum absolute atomic E-state index is 0.0495. The Morgan fingerprint density at radius 3 is 2.37 bits per heavy atom. The first kappa shape index (κ1) is 18.7. The minimum atomic E-state index is -0.492. The van der Waals surface area contributed by atoms with Gasteiger partial charge in [0.15, 0.2) is 11.6 Å². The van der Waals surface area contributed by atoms with Crippen LogP contribution in [0.15, 0.2) is 30.5 Å². The predicted molar refractivity (Wildman–Crippen MR) is 107 cm³/mol. The van der Waals surface area contributed by atoms with E-state index in [9.17, 15) is 4.79 Å². The van der Waals surface area contributed by atoms with Gasteiger partial charge in [-0.05, 0) is 37.2 Å². The third-order valence-corrected chi connectivity index (χ3v) is 7.10. The van der Waals surface area contributed by atoms with Crippen LogP contribution in [-0.2, 0) is 16.0 Å². The van der Waals surface area contributed by atoms with E-state index in [4.69, 9.17) is 9.47 Å². The number of para-hydroxylation sites is 1. The lowest BCUT2D eigenvalue weighted by Gasteiger charge is -2.17. The Morgan fingerprint density at radius 1 is 1.11 bits per heavy atom. The molecule has 2 fully saturated rings. The molecule has 1 aromatic carbocycles. The van der Waals surface area contributed by atoms with E-state index in [1.54, 1.807) is 0 Å². The summed E-state index contributed by atoms with van der Waals surface area (Å²) in [6.45, 7) is 14.2. The summed E-state index contributed by atoms with van der Waals surface area (Å²) in [6, 6.07) is 8.23. The lowest BCUT2D eigenvalue weighted by atomic mass is 10.0. The van der Waals surface area contributed by atoms with Crippen LogP contribution < -0.4 is 0 Å². The van der Waals surface area contributed by atoms with E-state index >= 15 is 0 Å². The molecular weight excluding hydrogens is 338 g/mol. The molecule has 4 nitrogen and oxygen atoms in total. The summed E-state index contributed by atoms with van der Waals surface area (Å²) in [5.41, 5.74) is 2.08. The fraction of sp³-hybridized carbons (Fsp3) is 0.609. The van der Waals surface area contributed by atoms with Crippen molar-refractivity contribution in [3.8, 4) is 0 Å². The Balaban J connectivity index is 1.59. The van der Waals surface area contributed by atoms with Gasteiger partial charge >= 0.3 is 0 Å². The molecule has 2 aliphatic rings. The highest BCUT2D eigenvalue weighted by molar-refractivity contribution is 6.11. The number of ether oxygens (including phenoxy) is 2. The predicted octanol–water partition coefficient (Wildman–Crippen LogP) is 5.05. The SMILES string of the molecule is CC1(C)OCC(CCn2cc(C(=O)C3C(C)(C)C3(C)C)c3ccccc32)O1. The average molecular weight is 370 g/mol. The zero-order chi connectivity index (χ0) is 19.6. The van der Waals surface area contributed by atoms with E-state index < -0.39 is 5.79 Å². The van der Waals surface area contributed by atoms with E-state index in [1.165, 1.54) is 0 Å². The van der Waals surface area contributed by atoms with Crippen LogP contribution >= 0.6 is 0 Å². The molecule has 0 N–H and O–H groups in total. The fourth-order valence-electron chi connectivity index (χ4n) is 4.82. The van der Waals surface area contributed by atoms with Gasteiger partial charge in [-0.15, -0.1) is 0 Å². The maximum absolute atomic E-state index is 13.4. The third kappa shape index (κ3) is 2.94. The largest absolute Gasteiger partial charge is 0.348 e. The van der Waals surface area contributed by atoms with Crippen LogP contribution in [0.4, 0.5) is 0 Å². The van der Waals surface area contributed by atoms with E-state index in [0.717, 1.165) is 29.4 Å². The lowest BCUT2D eigenvalue weighted by molar-refractivity contribution is -0.139. The van der Waals surface area contributed by atoms with Crippen LogP contribution in [0.1, 0.15) is 58.3 Å². The molecule has 1 aromatic heterocycles. The van der Waals surface area contributed by atoms with Crippen molar-refractivity contribution in [1.82, 2.24) is 4.57 Å². The number of carbonyl (C=O) groups excluding carboxylic acids is 1. The number of rotatable bonds is 5. The molecule has 4 heteroatoms. The number of hydrogen-bond acceptors (Lipinski definition) is 3. The minimum Gasteiger partial charge on any atom is -0.348 e. The molecule has 0 bridgehead atoms. The first-order valence-corrected chi connectivity index (χ1v) is 9.98. The van der Waals surface area contributed by atoms with Crippen LogP contribution in [-0.4, -0.2) is 28.8 Å². The van der Waals surface area contributed by atoms with Crippen molar-refractivity contribution in [1.29, 1.82) is 0 Å². The summed E-state index contributed by atoms with van der Waals surface area (Å²) in [5.74, 6) is -0.133. The van der Waals surface area contributed by atoms with Crippen molar-refractivity contribution in [2.75, 3.05) is 6.61 Å². The standard InChI is InChI=1S/C23H31NO3/c1-21(2)20(22(21,3)4)19(25)17-13-24(18-10-8-7-9-16(17)18)12-11-15-14-26-23(5,6)27-15/h7-10,13,15,20H,11-12,14H2,1-6H3. The van der Waals surface area contributed by atoms with Gasteiger partial charge in [0, 0.05) is 35.1 Å². The van der Waals surface area contributed by atoms with Crippen LogP contribution in [0.5, 0.6) is 0 Å². The molecular formula is C23H31NO3. The van der Waals surface area contributed by atoms with E-state index in [2.05, 4.69) is 50.6 Å². The normalized spacial score (nSPS) is 25.8. The number of Topliss-reactive ketones (excluding diaryl/α,β-unsaturated/α-hetero) is 1. The number of fused-ring (bicyclic) bond motifs is 1. The van der Waals surface area contributed by atoms with Crippen LogP contribution in [0, 0.1) is 16.7 Å². The number of benzene rings is 1. The second kappa shape index (κ2) is 5.92. The summed E-state index contributed by atoms with van der Waals surface area (Å²) >= 11 is 0. The topological polar surface area (TPSA) is 40.5 Å². The molecule has 1 aliphatic heterocycles. The summed E-state index contributed by atoms with van der Waals surface area (Å²) in [5, 5.41) is 1.06.